The normalized spacial score (nSPS) is 16.0. The summed E-state index contributed by atoms with van der Waals surface area (Å²) in [5.41, 5.74) is 1.03. The molecule has 0 aromatic heterocycles. The molecule has 0 unspecified atom stereocenters. The van der Waals surface area contributed by atoms with Crippen molar-refractivity contribution in [2.75, 3.05) is 24.9 Å². The van der Waals surface area contributed by atoms with Gasteiger partial charge in [0.25, 0.3) is 15.9 Å². The first-order valence-corrected chi connectivity index (χ1v) is 12.3. The Morgan fingerprint density at radius 3 is 2.56 bits per heavy atom. The molecule has 34 heavy (non-hydrogen) atoms. The van der Waals surface area contributed by atoms with Crippen molar-refractivity contribution in [2.24, 2.45) is 0 Å². The van der Waals surface area contributed by atoms with Gasteiger partial charge in [-0.1, -0.05) is 48.0 Å². The number of benzene rings is 3. The number of amides is 1. The molecule has 4 rings (SSSR count). The molecule has 1 saturated heterocycles. The monoisotopic (exact) mass is 504 g/mol. The van der Waals surface area contributed by atoms with Crippen molar-refractivity contribution < 1.29 is 27.4 Å². The minimum absolute atomic E-state index is 0.0153. The molecular formula is C24H22ClFN2O5S. The first-order valence-electron chi connectivity index (χ1n) is 10.4. The number of nitrogens with one attached hydrogen (secondary N) is 1. The SMILES string of the molecule is CO[C@H]1CCN(C(=O)c2cc(Cl)c(O)c(S(=O)(=O)Nc3cc(-c4ccccc4)ccc3F)c2)C1. The van der Waals surface area contributed by atoms with Crippen molar-refractivity contribution in [1.82, 2.24) is 4.90 Å². The third kappa shape index (κ3) is 4.86. The number of phenols is 1. The van der Waals surface area contributed by atoms with E-state index in [1.54, 1.807) is 31.4 Å². The highest BCUT2D eigenvalue weighted by Gasteiger charge is 2.30. The zero-order chi connectivity index (χ0) is 24.5. The maximum absolute atomic E-state index is 14.5. The second kappa shape index (κ2) is 9.61. The smallest absolute Gasteiger partial charge is 0.265 e. The molecular weight excluding hydrogens is 483 g/mol. The molecule has 0 bridgehead atoms. The summed E-state index contributed by atoms with van der Waals surface area (Å²) >= 11 is 6.06. The number of aromatic hydroxyl groups is 1. The summed E-state index contributed by atoms with van der Waals surface area (Å²) in [6.07, 6.45) is 0.541. The Kier molecular flexibility index (Phi) is 6.79. The standard InChI is InChI=1S/C24H22ClFN2O5S/c1-33-18-9-10-28(14-18)24(30)17-11-19(25)23(29)22(13-17)34(31,32)27-21-12-16(7-8-20(21)26)15-5-3-2-4-6-15/h2-8,11-13,18,27,29H,9-10,14H2,1H3/t18-/m0/s1. The number of carbonyl (C=O) groups excluding carboxylic acids is 1. The second-order valence-corrected chi connectivity index (χ2v) is 9.93. The molecule has 7 nitrogen and oxygen atoms in total. The van der Waals surface area contributed by atoms with Crippen LogP contribution in [-0.2, 0) is 14.8 Å². The number of sulfonamides is 1. The molecule has 1 aliphatic rings. The predicted octanol–water partition coefficient (Wildman–Crippen LogP) is 4.51. The van der Waals surface area contributed by atoms with Gasteiger partial charge >= 0.3 is 0 Å². The third-order valence-corrected chi connectivity index (χ3v) is 7.32. The van der Waals surface area contributed by atoms with Gasteiger partial charge in [0.1, 0.15) is 10.7 Å². The highest BCUT2D eigenvalue weighted by Crippen LogP contribution is 2.35. The summed E-state index contributed by atoms with van der Waals surface area (Å²) in [6.45, 7) is 0.791. The van der Waals surface area contributed by atoms with E-state index in [-0.39, 0.29) is 22.4 Å². The fourth-order valence-corrected chi connectivity index (χ4v) is 5.28. The van der Waals surface area contributed by atoms with Gasteiger partial charge in [-0.25, -0.2) is 12.8 Å². The van der Waals surface area contributed by atoms with Crippen LogP contribution in [0.1, 0.15) is 16.8 Å². The van der Waals surface area contributed by atoms with Gasteiger partial charge in [-0.3, -0.25) is 9.52 Å². The van der Waals surface area contributed by atoms with Crippen LogP contribution in [0, 0.1) is 5.82 Å². The average molecular weight is 505 g/mol. The summed E-state index contributed by atoms with van der Waals surface area (Å²) in [7, 11) is -2.95. The minimum Gasteiger partial charge on any atom is -0.505 e. The van der Waals surface area contributed by atoms with Crippen LogP contribution in [0.5, 0.6) is 5.75 Å². The van der Waals surface area contributed by atoms with Gasteiger partial charge in [-0.05, 0) is 41.8 Å². The number of likely N-dealkylation sites (tertiary alicyclic amines) is 1. The van der Waals surface area contributed by atoms with Crippen LogP contribution in [0.3, 0.4) is 0 Å². The molecule has 3 aromatic carbocycles. The van der Waals surface area contributed by atoms with Gasteiger partial charge in [0.05, 0.1) is 16.8 Å². The maximum Gasteiger partial charge on any atom is 0.265 e. The van der Waals surface area contributed by atoms with Crippen LogP contribution in [0.15, 0.2) is 65.6 Å². The van der Waals surface area contributed by atoms with E-state index in [0.29, 0.717) is 25.1 Å². The van der Waals surface area contributed by atoms with Crippen molar-refractivity contribution in [2.45, 2.75) is 17.4 Å². The lowest BCUT2D eigenvalue weighted by atomic mass is 10.1. The van der Waals surface area contributed by atoms with E-state index in [1.165, 1.54) is 23.1 Å². The Morgan fingerprint density at radius 1 is 1.15 bits per heavy atom. The molecule has 0 saturated carbocycles. The molecule has 1 atom stereocenters. The molecule has 1 amide bonds. The summed E-state index contributed by atoms with van der Waals surface area (Å²) in [5, 5.41) is 10.1. The Labute approximate surface area is 201 Å². The van der Waals surface area contributed by atoms with Crippen LogP contribution < -0.4 is 4.72 Å². The topological polar surface area (TPSA) is 95.9 Å². The Hall–Kier alpha value is -3.14. The number of hydrogen-bond acceptors (Lipinski definition) is 5. The molecule has 0 aliphatic carbocycles. The van der Waals surface area contributed by atoms with Crippen LogP contribution in [0.2, 0.25) is 5.02 Å². The van der Waals surface area contributed by atoms with Gasteiger partial charge < -0.3 is 14.7 Å². The number of anilines is 1. The fraction of sp³-hybridized carbons (Fsp3) is 0.208. The molecule has 178 valence electrons. The maximum atomic E-state index is 14.5. The van der Waals surface area contributed by atoms with Crippen LogP contribution in [-0.4, -0.2) is 50.6 Å². The number of hydrogen-bond donors (Lipinski definition) is 2. The number of nitrogens with zero attached hydrogens (tertiary/aromatic N) is 1. The zero-order valence-electron chi connectivity index (χ0n) is 18.2. The molecule has 1 aliphatic heterocycles. The van der Waals surface area contributed by atoms with Crippen molar-refractivity contribution in [3.05, 3.63) is 77.1 Å². The van der Waals surface area contributed by atoms with Crippen LogP contribution in [0.4, 0.5) is 10.1 Å². The number of rotatable bonds is 6. The van der Waals surface area contributed by atoms with E-state index in [1.807, 2.05) is 6.07 Å². The van der Waals surface area contributed by atoms with Gasteiger partial charge in [0.2, 0.25) is 0 Å². The quantitative estimate of drug-likeness (QED) is 0.515. The number of ether oxygens (including phenoxy) is 1. The Morgan fingerprint density at radius 2 is 1.88 bits per heavy atom. The van der Waals surface area contributed by atoms with E-state index in [2.05, 4.69) is 4.72 Å². The van der Waals surface area contributed by atoms with E-state index < -0.39 is 32.4 Å². The van der Waals surface area contributed by atoms with Crippen molar-refractivity contribution >= 4 is 33.2 Å². The third-order valence-electron chi connectivity index (χ3n) is 5.65. The zero-order valence-corrected chi connectivity index (χ0v) is 19.7. The second-order valence-electron chi connectivity index (χ2n) is 7.87. The average Bonchev–Trinajstić information content (AvgIpc) is 3.31. The van der Waals surface area contributed by atoms with E-state index in [4.69, 9.17) is 16.3 Å². The van der Waals surface area contributed by atoms with Gasteiger partial charge in [-0.15, -0.1) is 0 Å². The highest BCUT2D eigenvalue weighted by atomic mass is 35.5. The largest absolute Gasteiger partial charge is 0.505 e. The molecule has 10 heteroatoms. The van der Waals surface area contributed by atoms with Crippen molar-refractivity contribution in [1.29, 1.82) is 0 Å². The van der Waals surface area contributed by atoms with Crippen molar-refractivity contribution in [3.63, 3.8) is 0 Å². The van der Waals surface area contributed by atoms with Gasteiger partial charge in [0.15, 0.2) is 5.75 Å². The predicted molar refractivity (Wildman–Crippen MR) is 127 cm³/mol. The van der Waals surface area contributed by atoms with Gasteiger partial charge in [0, 0.05) is 25.8 Å². The lowest BCUT2D eigenvalue weighted by Gasteiger charge is -2.18. The lowest BCUT2D eigenvalue weighted by molar-refractivity contribution is 0.0724. The lowest BCUT2D eigenvalue weighted by Crippen LogP contribution is -2.30. The Balaban J connectivity index is 1.67. The summed E-state index contributed by atoms with van der Waals surface area (Å²) in [4.78, 5) is 13.8. The number of methoxy groups -OCH3 is 1. The first-order chi connectivity index (χ1) is 16.2. The molecule has 1 heterocycles. The highest BCUT2D eigenvalue weighted by molar-refractivity contribution is 7.92. The van der Waals surface area contributed by atoms with E-state index in [9.17, 15) is 22.7 Å². The van der Waals surface area contributed by atoms with Crippen LogP contribution in [0.25, 0.3) is 11.1 Å². The molecule has 0 spiro atoms. The van der Waals surface area contributed by atoms with E-state index in [0.717, 1.165) is 17.7 Å². The van der Waals surface area contributed by atoms with Crippen LogP contribution >= 0.6 is 11.6 Å². The number of carbonyl (C=O) groups is 1. The fourth-order valence-electron chi connectivity index (χ4n) is 3.80. The Bertz CT molecular complexity index is 1330. The number of halogens is 2. The molecule has 0 radical (unpaired) electrons. The number of phenolic OH excluding ortho intramolecular Hbond substituents is 1. The molecule has 2 N–H and O–H groups in total. The summed E-state index contributed by atoms with van der Waals surface area (Å²) in [6, 6.07) is 15.3. The van der Waals surface area contributed by atoms with E-state index >= 15 is 0 Å². The molecule has 3 aromatic rings. The van der Waals surface area contributed by atoms with Crippen molar-refractivity contribution in [3.8, 4) is 16.9 Å². The minimum atomic E-state index is -4.50. The summed E-state index contributed by atoms with van der Waals surface area (Å²) < 4.78 is 48.2. The first kappa shape index (κ1) is 24.0. The molecule has 1 fully saturated rings. The van der Waals surface area contributed by atoms with Gasteiger partial charge in [-0.2, -0.15) is 0 Å². The summed E-state index contributed by atoms with van der Waals surface area (Å²) in [5.74, 6) is -1.99.